The van der Waals surface area contributed by atoms with Crippen molar-refractivity contribution in [1.82, 2.24) is 24.8 Å². The number of hydrogen-bond acceptors (Lipinski definition) is 6. The predicted molar refractivity (Wildman–Crippen MR) is 137 cm³/mol. The molecule has 3 aliphatic rings. The molecule has 0 radical (unpaired) electrons. The molecule has 1 N–H and O–H groups in total. The highest BCUT2D eigenvalue weighted by Gasteiger charge is 2.42. The van der Waals surface area contributed by atoms with Crippen LogP contribution in [0.1, 0.15) is 55.6 Å². The van der Waals surface area contributed by atoms with Gasteiger partial charge in [0.25, 0.3) is 0 Å². The van der Waals surface area contributed by atoms with Gasteiger partial charge in [-0.05, 0) is 106 Å². The van der Waals surface area contributed by atoms with Crippen LogP contribution in [-0.4, -0.2) is 65.4 Å². The van der Waals surface area contributed by atoms with E-state index in [9.17, 15) is 0 Å². The molecule has 2 aliphatic heterocycles. The summed E-state index contributed by atoms with van der Waals surface area (Å²) in [4.78, 5) is 7.76. The SMILES string of the molecule is COc1ccc(-c2nc3c(C)cc(C4CCN(C5CCNCC5)[C@@H](C5CC5)C4)cn3n2)cc1OC. The van der Waals surface area contributed by atoms with Crippen molar-refractivity contribution in [2.75, 3.05) is 33.9 Å². The van der Waals surface area contributed by atoms with Gasteiger partial charge >= 0.3 is 0 Å². The molecule has 0 spiro atoms. The van der Waals surface area contributed by atoms with Crippen LogP contribution in [0.5, 0.6) is 11.5 Å². The number of nitrogens with zero attached hydrogens (tertiary/aromatic N) is 4. The fourth-order valence-electron chi connectivity index (χ4n) is 6.35. The summed E-state index contributed by atoms with van der Waals surface area (Å²) >= 11 is 0. The largest absolute Gasteiger partial charge is 0.493 e. The molecule has 186 valence electrons. The summed E-state index contributed by atoms with van der Waals surface area (Å²) in [5, 5.41) is 8.42. The first-order valence-corrected chi connectivity index (χ1v) is 13.2. The zero-order valence-corrected chi connectivity index (χ0v) is 21.2. The van der Waals surface area contributed by atoms with Gasteiger partial charge in [-0.1, -0.05) is 6.07 Å². The zero-order valence-electron chi connectivity index (χ0n) is 21.2. The summed E-state index contributed by atoms with van der Waals surface area (Å²) in [7, 11) is 3.30. The van der Waals surface area contributed by atoms with Gasteiger partial charge in [-0.25, -0.2) is 9.50 Å². The number of ether oxygens (including phenoxy) is 2. The standard InChI is InChI=1S/C28H37N5O2/c1-18-14-22(20-10-13-32(23-8-11-29-12-9-23)24(15-20)19-4-5-19)17-33-28(18)30-27(31-33)21-6-7-25(34-2)26(16-21)35-3/h6-7,14,16-17,19-20,23-24,29H,4-5,8-13,15H2,1-3H3/t20?,24-/m1/s1. The van der Waals surface area contributed by atoms with Crippen molar-refractivity contribution in [3.05, 3.63) is 41.6 Å². The first-order valence-electron chi connectivity index (χ1n) is 13.2. The Morgan fingerprint density at radius 3 is 2.51 bits per heavy atom. The van der Waals surface area contributed by atoms with E-state index in [-0.39, 0.29) is 0 Å². The van der Waals surface area contributed by atoms with Gasteiger partial charge in [-0.3, -0.25) is 4.90 Å². The molecule has 1 aliphatic carbocycles. The molecule has 2 atom stereocenters. The van der Waals surface area contributed by atoms with Crippen molar-refractivity contribution in [3.63, 3.8) is 0 Å². The molecular weight excluding hydrogens is 438 g/mol. The maximum Gasteiger partial charge on any atom is 0.182 e. The number of methoxy groups -OCH3 is 2. The highest BCUT2D eigenvalue weighted by molar-refractivity contribution is 5.64. The number of likely N-dealkylation sites (tertiary alicyclic amines) is 1. The Bertz CT molecular complexity index is 1200. The molecule has 1 unspecified atom stereocenters. The van der Waals surface area contributed by atoms with Crippen LogP contribution < -0.4 is 14.8 Å². The number of aryl methyl sites for hydroxylation is 1. The third-order valence-electron chi connectivity index (χ3n) is 8.38. The van der Waals surface area contributed by atoms with E-state index in [0.29, 0.717) is 23.2 Å². The number of piperidine rings is 2. The van der Waals surface area contributed by atoms with Crippen LogP contribution in [0.2, 0.25) is 0 Å². The molecule has 35 heavy (non-hydrogen) atoms. The minimum absolute atomic E-state index is 0.593. The van der Waals surface area contributed by atoms with Crippen molar-refractivity contribution < 1.29 is 9.47 Å². The quantitative estimate of drug-likeness (QED) is 0.569. The van der Waals surface area contributed by atoms with E-state index < -0.39 is 0 Å². The van der Waals surface area contributed by atoms with Crippen molar-refractivity contribution in [3.8, 4) is 22.9 Å². The molecule has 4 heterocycles. The Labute approximate surface area is 207 Å². The van der Waals surface area contributed by atoms with Crippen LogP contribution in [0.15, 0.2) is 30.5 Å². The fraction of sp³-hybridized carbons (Fsp3) is 0.571. The first kappa shape index (κ1) is 22.8. The molecular formula is C28H37N5O2. The molecule has 7 heteroatoms. The average Bonchev–Trinajstić information content (AvgIpc) is 3.66. The van der Waals surface area contributed by atoms with E-state index in [0.717, 1.165) is 29.2 Å². The molecule has 0 amide bonds. The lowest BCUT2D eigenvalue weighted by molar-refractivity contribution is 0.0556. The van der Waals surface area contributed by atoms with Gasteiger partial charge in [0.05, 0.1) is 14.2 Å². The van der Waals surface area contributed by atoms with E-state index in [1.165, 1.54) is 69.3 Å². The maximum absolute atomic E-state index is 5.49. The fourth-order valence-corrected chi connectivity index (χ4v) is 6.35. The Hall–Kier alpha value is -2.64. The second kappa shape index (κ2) is 9.43. The topological polar surface area (TPSA) is 63.9 Å². The highest BCUT2D eigenvalue weighted by Crippen LogP contribution is 2.45. The van der Waals surface area contributed by atoms with E-state index in [1.807, 2.05) is 22.7 Å². The summed E-state index contributed by atoms with van der Waals surface area (Å²) in [6, 6.07) is 9.71. The number of hydrogen-bond donors (Lipinski definition) is 1. The number of fused-ring (bicyclic) bond motifs is 1. The lowest BCUT2D eigenvalue weighted by Crippen LogP contribution is -2.52. The minimum Gasteiger partial charge on any atom is -0.493 e. The van der Waals surface area contributed by atoms with Crippen LogP contribution in [0.25, 0.3) is 17.0 Å². The van der Waals surface area contributed by atoms with Gasteiger partial charge in [-0.15, -0.1) is 5.10 Å². The number of nitrogens with one attached hydrogen (secondary N) is 1. The van der Waals surface area contributed by atoms with E-state index >= 15 is 0 Å². The zero-order chi connectivity index (χ0) is 23.9. The Morgan fingerprint density at radius 1 is 0.971 bits per heavy atom. The lowest BCUT2D eigenvalue weighted by Gasteiger charge is -2.45. The Morgan fingerprint density at radius 2 is 1.77 bits per heavy atom. The third kappa shape index (κ3) is 4.40. The van der Waals surface area contributed by atoms with Crippen LogP contribution in [0.4, 0.5) is 0 Å². The normalized spacial score (nSPS) is 24.1. The monoisotopic (exact) mass is 475 g/mol. The van der Waals surface area contributed by atoms with Crippen molar-refractivity contribution >= 4 is 5.65 Å². The van der Waals surface area contributed by atoms with Crippen molar-refractivity contribution in [1.29, 1.82) is 0 Å². The third-order valence-corrected chi connectivity index (χ3v) is 8.38. The Kier molecular flexibility index (Phi) is 6.14. The van der Waals surface area contributed by atoms with Crippen molar-refractivity contribution in [2.24, 2.45) is 5.92 Å². The molecule has 2 saturated heterocycles. The molecule has 3 aromatic rings. The number of pyridine rings is 1. The molecule has 1 saturated carbocycles. The van der Waals surface area contributed by atoms with Gasteiger partial charge < -0.3 is 14.8 Å². The molecule has 1 aromatic carbocycles. The number of benzene rings is 1. The summed E-state index contributed by atoms with van der Waals surface area (Å²) in [5.74, 6) is 3.60. The second-order valence-electron chi connectivity index (χ2n) is 10.6. The van der Waals surface area contributed by atoms with Crippen LogP contribution in [0.3, 0.4) is 0 Å². The average molecular weight is 476 g/mol. The van der Waals surface area contributed by atoms with Gasteiger partial charge in [-0.2, -0.15) is 0 Å². The van der Waals surface area contributed by atoms with Crippen molar-refractivity contribution in [2.45, 2.75) is 63.5 Å². The summed E-state index contributed by atoms with van der Waals surface area (Å²) < 4.78 is 12.9. The molecule has 7 nitrogen and oxygen atoms in total. The molecule has 6 rings (SSSR count). The predicted octanol–water partition coefficient (Wildman–Crippen LogP) is 4.43. The summed E-state index contributed by atoms with van der Waals surface area (Å²) in [6.07, 6.45) is 10.2. The first-order chi connectivity index (χ1) is 17.1. The Balaban J connectivity index is 1.27. The number of rotatable bonds is 6. The van der Waals surface area contributed by atoms with Crippen LogP contribution in [-0.2, 0) is 0 Å². The molecule has 2 aromatic heterocycles. The van der Waals surface area contributed by atoms with E-state index in [4.69, 9.17) is 19.6 Å². The highest BCUT2D eigenvalue weighted by atomic mass is 16.5. The van der Waals surface area contributed by atoms with E-state index in [2.05, 4.69) is 29.4 Å². The second-order valence-corrected chi connectivity index (χ2v) is 10.6. The molecule has 3 fully saturated rings. The summed E-state index contributed by atoms with van der Waals surface area (Å²) in [6.45, 7) is 5.73. The lowest BCUT2D eigenvalue weighted by atomic mass is 9.82. The van der Waals surface area contributed by atoms with Gasteiger partial charge in [0.15, 0.2) is 23.0 Å². The van der Waals surface area contributed by atoms with Gasteiger partial charge in [0.1, 0.15) is 0 Å². The van der Waals surface area contributed by atoms with Gasteiger partial charge in [0.2, 0.25) is 0 Å². The van der Waals surface area contributed by atoms with E-state index in [1.54, 1.807) is 14.2 Å². The summed E-state index contributed by atoms with van der Waals surface area (Å²) in [5.41, 5.74) is 4.45. The van der Waals surface area contributed by atoms with Crippen LogP contribution in [0, 0.1) is 12.8 Å². The minimum atomic E-state index is 0.593. The maximum atomic E-state index is 5.49. The smallest absolute Gasteiger partial charge is 0.182 e. The molecule has 0 bridgehead atoms. The van der Waals surface area contributed by atoms with Crippen LogP contribution >= 0.6 is 0 Å². The number of aromatic nitrogens is 3. The van der Waals surface area contributed by atoms with Gasteiger partial charge in [0, 0.05) is 23.8 Å².